The van der Waals surface area contributed by atoms with Crippen LogP contribution in [0.5, 0.6) is 11.5 Å². The Hall–Kier alpha value is -3.02. The van der Waals surface area contributed by atoms with Crippen LogP contribution in [0.15, 0.2) is 53.6 Å². The van der Waals surface area contributed by atoms with Gasteiger partial charge in [0.05, 0.1) is 25.1 Å². The molecule has 126 valence electrons. The number of hydrazone groups is 1. The second kappa shape index (κ2) is 8.57. The average Bonchev–Trinajstić information content (AvgIpc) is 2.62. The van der Waals surface area contributed by atoms with E-state index >= 15 is 0 Å². The monoisotopic (exact) mass is 327 g/mol. The molecule has 6 heteroatoms. The van der Waals surface area contributed by atoms with E-state index < -0.39 is 0 Å². The third-order valence-corrected chi connectivity index (χ3v) is 3.40. The van der Waals surface area contributed by atoms with Gasteiger partial charge in [-0.1, -0.05) is 19.1 Å². The molecule has 1 amide bonds. The van der Waals surface area contributed by atoms with Crippen LogP contribution in [0.2, 0.25) is 0 Å². The topological polar surface area (TPSA) is 83.0 Å². The van der Waals surface area contributed by atoms with Gasteiger partial charge < -0.3 is 15.2 Å². The lowest BCUT2D eigenvalue weighted by Gasteiger charge is -2.10. The number of nitrogens with one attached hydrogen (secondary N) is 2. The summed E-state index contributed by atoms with van der Waals surface area (Å²) in [5.41, 5.74) is 4.87. The van der Waals surface area contributed by atoms with Gasteiger partial charge in [-0.05, 0) is 48.4 Å². The summed E-state index contributed by atoms with van der Waals surface area (Å²) in [6.45, 7) is 2.03. The van der Waals surface area contributed by atoms with Crippen molar-refractivity contribution in [2.24, 2.45) is 5.10 Å². The molecule has 0 saturated heterocycles. The second-order valence-electron chi connectivity index (χ2n) is 5.05. The number of rotatable bonds is 7. The molecule has 2 aromatic rings. The Morgan fingerprint density at radius 2 is 1.88 bits per heavy atom. The van der Waals surface area contributed by atoms with Gasteiger partial charge in [0.2, 0.25) is 0 Å². The van der Waals surface area contributed by atoms with Crippen molar-refractivity contribution < 1.29 is 14.6 Å². The Morgan fingerprint density at radius 3 is 2.54 bits per heavy atom. The Labute approximate surface area is 141 Å². The summed E-state index contributed by atoms with van der Waals surface area (Å²) in [5.74, 6) is 0.608. The molecule has 0 saturated carbocycles. The third kappa shape index (κ3) is 4.74. The molecular weight excluding hydrogens is 306 g/mol. The van der Waals surface area contributed by atoms with E-state index in [9.17, 15) is 9.90 Å². The Kier molecular flexibility index (Phi) is 6.19. The fraction of sp³-hybridized carbons (Fsp3) is 0.222. The van der Waals surface area contributed by atoms with E-state index in [1.165, 1.54) is 0 Å². The molecule has 0 heterocycles. The van der Waals surface area contributed by atoms with Crippen LogP contribution in [0.4, 0.5) is 5.69 Å². The van der Waals surface area contributed by atoms with Gasteiger partial charge in [-0.3, -0.25) is 4.79 Å². The maximum absolute atomic E-state index is 12.0. The van der Waals surface area contributed by atoms with Gasteiger partial charge in [-0.2, -0.15) is 5.10 Å². The number of benzene rings is 2. The minimum atomic E-state index is -0.259. The molecule has 6 nitrogen and oxygen atoms in total. The zero-order valence-electron chi connectivity index (χ0n) is 13.7. The molecule has 2 rings (SSSR count). The van der Waals surface area contributed by atoms with E-state index in [1.807, 2.05) is 31.2 Å². The summed E-state index contributed by atoms with van der Waals surface area (Å²) < 4.78 is 5.22. The number of anilines is 1. The van der Waals surface area contributed by atoms with Crippen molar-refractivity contribution in [1.82, 2.24) is 5.43 Å². The molecule has 0 aliphatic carbocycles. The summed E-state index contributed by atoms with van der Waals surface area (Å²) in [4.78, 5) is 12.0. The van der Waals surface area contributed by atoms with E-state index in [-0.39, 0.29) is 18.2 Å². The van der Waals surface area contributed by atoms with Gasteiger partial charge in [-0.15, -0.1) is 0 Å². The van der Waals surface area contributed by atoms with Crippen molar-refractivity contribution in [3.8, 4) is 11.5 Å². The van der Waals surface area contributed by atoms with Crippen molar-refractivity contribution in [3.63, 3.8) is 0 Å². The van der Waals surface area contributed by atoms with Gasteiger partial charge >= 0.3 is 0 Å². The van der Waals surface area contributed by atoms with Gasteiger partial charge in [0.15, 0.2) is 0 Å². The highest BCUT2D eigenvalue weighted by Crippen LogP contribution is 2.22. The maximum atomic E-state index is 12.0. The first-order chi connectivity index (χ1) is 11.6. The number of carbonyl (C=O) groups is 1. The Morgan fingerprint density at radius 1 is 1.17 bits per heavy atom. The molecule has 0 spiro atoms. The molecule has 0 bridgehead atoms. The number of methoxy groups -OCH3 is 1. The average molecular weight is 327 g/mol. The largest absolute Gasteiger partial charge is 0.508 e. The highest BCUT2D eigenvalue weighted by molar-refractivity contribution is 6.01. The minimum absolute atomic E-state index is 0.0798. The normalized spacial score (nSPS) is 11.0. The van der Waals surface area contributed by atoms with Crippen LogP contribution in [-0.4, -0.2) is 30.4 Å². The van der Waals surface area contributed by atoms with E-state index in [0.29, 0.717) is 12.2 Å². The van der Waals surface area contributed by atoms with Gasteiger partial charge in [-0.25, -0.2) is 5.43 Å². The zero-order valence-corrected chi connectivity index (χ0v) is 13.7. The zero-order chi connectivity index (χ0) is 17.4. The van der Waals surface area contributed by atoms with Crippen molar-refractivity contribution in [3.05, 3.63) is 54.1 Å². The number of aromatic hydroxyl groups is 1. The van der Waals surface area contributed by atoms with Crippen molar-refractivity contribution >= 4 is 17.3 Å². The summed E-state index contributed by atoms with van der Waals surface area (Å²) in [6.07, 6.45) is 0.658. The lowest BCUT2D eigenvalue weighted by molar-refractivity contribution is -0.119. The number of carbonyl (C=O) groups excluding carboxylic acids is 1. The minimum Gasteiger partial charge on any atom is -0.508 e. The van der Waals surface area contributed by atoms with Crippen LogP contribution in [0.3, 0.4) is 0 Å². The van der Waals surface area contributed by atoms with Gasteiger partial charge in [0.25, 0.3) is 5.91 Å². The molecule has 0 radical (unpaired) electrons. The lowest BCUT2D eigenvalue weighted by Crippen LogP contribution is -2.27. The highest BCUT2D eigenvalue weighted by Gasteiger charge is 2.06. The van der Waals surface area contributed by atoms with Crippen molar-refractivity contribution in [2.75, 3.05) is 19.0 Å². The smallest absolute Gasteiger partial charge is 0.259 e. The molecule has 0 atom stereocenters. The van der Waals surface area contributed by atoms with Crippen molar-refractivity contribution in [1.29, 1.82) is 0 Å². The summed E-state index contributed by atoms with van der Waals surface area (Å²) >= 11 is 0. The molecule has 0 aromatic heterocycles. The fourth-order valence-electron chi connectivity index (χ4n) is 2.14. The number of hydrogen-bond acceptors (Lipinski definition) is 5. The molecule has 0 fully saturated rings. The maximum Gasteiger partial charge on any atom is 0.259 e. The molecule has 24 heavy (non-hydrogen) atoms. The summed E-state index contributed by atoms with van der Waals surface area (Å²) in [6, 6.07) is 14.1. The SMILES string of the molecule is CCC(=NNC(=O)CNc1ccccc1OC)c1ccc(O)cc1. The standard InChI is InChI=1S/C18H21N3O3/c1-3-15(13-8-10-14(22)11-9-13)20-21-18(23)12-19-16-6-4-5-7-17(16)24-2/h4-11,19,22H,3,12H2,1-2H3,(H,21,23). The quantitative estimate of drug-likeness (QED) is 0.539. The number of phenolic OH excluding ortho intramolecular Hbond substituents is 1. The van der Waals surface area contributed by atoms with Gasteiger partial charge in [0, 0.05) is 0 Å². The number of hydrogen-bond donors (Lipinski definition) is 3. The van der Waals surface area contributed by atoms with Crippen LogP contribution in [0, 0.1) is 0 Å². The molecular formula is C18H21N3O3. The van der Waals surface area contributed by atoms with Crippen LogP contribution in [-0.2, 0) is 4.79 Å². The highest BCUT2D eigenvalue weighted by atomic mass is 16.5. The fourth-order valence-corrected chi connectivity index (χ4v) is 2.14. The van der Waals surface area contributed by atoms with Crippen LogP contribution in [0.1, 0.15) is 18.9 Å². The summed E-state index contributed by atoms with van der Waals surface area (Å²) in [5, 5.41) is 16.5. The van der Waals surface area contributed by atoms with E-state index in [0.717, 1.165) is 17.0 Å². The Balaban J connectivity index is 1.94. The molecule has 0 aliphatic rings. The first-order valence-electron chi connectivity index (χ1n) is 7.65. The van der Waals surface area contributed by atoms with E-state index in [2.05, 4.69) is 15.8 Å². The number of para-hydroxylation sites is 2. The van der Waals surface area contributed by atoms with Crippen molar-refractivity contribution in [2.45, 2.75) is 13.3 Å². The predicted molar refractivity (Wildman–Crippen MR) is 94.6 cm³/mol. The van der Waals surface area contributed by atoms with E-state index in [1.54, 1.807) is 31.4 Å². The Bertz CT molecular complexity index is 712. The molecule has 3 N–H and O–H groups in total. The number of phenols is 1. The number of nitrogens with zero attached hydrogens (tertiary/aromatic N) is 1. The third-order valence-electron chi connectivity index (χ3n) is 3.40. The molecule has 0 aliphatic heterocycles. The molecule has 0 unspecified atom stereocenters. The number of amides is 1. The lowest BCUT2D eigenvalue weighted by atomic mass is 10.1. The van der Waals surface area contributed by atoms with Crippen LogP contribution >= 0.6 is 0 Å². The second-order valence-corrected chi connectivity index (χ2v) is 5.05. The summed E-state index contributed by atoms with van der Waals surface area (Å²) in [7, 11) is 1.58. The first kappa shape index (κ1) is 17.3. The number of ether oxygens (including phenoxy) is 1. The first-order valence-corrected chi connectivity index (χ1v) is 7.65. The van der Waals surface area contributed by atoms with Crippen LogP contribution < -0.4 is 15.5 Å². The molecule has 2 aromatic carbocycles. The predicted octanol–water partition coefficient (Wildman–Crippen LogP) is 2.74. The van der Waals surface area contributed by atoms with E-state index in [4.69, 9.17) is 4.74 Å². The van der Waals surface area contributed by atoms with Crippen LogP contribution in [0.25, 0.3) is 0 Å². The van der Waals surface area contributed by atoms with Gasteiger partial charge in [0.1, 0.15) is 11.5 Å².